The summed E-state index contributed by atoms with van der Waals surface area (Å²) in [6.07, 6.45) is 4.82. The van der Waals surface area contributed by atoms with Gasteiger partial charge < -0.3 is 15.5 Å². The zero-order valence-corrected chi connectivity index (χ0v) is 10.9. The Morgan fingerprint density at radius 3 is 3.06 bits per heavy atom. The second kappa shape index (κ2) is 5.95. The second-order valence-electron chi connectivity index (χ2n) is 4.65. The first-order chi connectivity index (χ1) is 8.70. The van der Waals surface area contributed by atoms with Gasteiger partial charge in [-0.3, -0.25) is 0 Å². The smallest absolute Gasteiger partial charge is 0.224 e. The Hall–Kier alpha value is -1.43. The van der Waals surface area contributed by atoms with Crippen molar-refractivity contribution in [2.45, 2.75) is 25.3 Å². The quantitative estimate of drug-likeness (QED) is 0.852. The Morgan fingerprint density at radius 1 is 1.50 bits per heavy atom. The lowest BCUT2D eigenvalue weighted by molar-refractivity contribution is 0.194. The Kier molecular flexibility index (Phi) is 4.30. The lowest BCUT2D eigenvalue weighted by Crippen LogP contribution is -2.41. The molecule has 1 aromatic rings. The van der Waals surface area contributed by atoms with E-state index in [-0.39, 0.29) is 5.82 Å². The number of hydrogen-bond acceptors (Lipinski definition) is 5. The van der Waals surface area contributed by atoms with Gasteiger partial charge in [-0.2, -0.15) is 4.98 Å². The maximum absolute atomic E-state index is 13.5. The summed E-state index contributed by atoms with van der Waals surface area (Å²) in [5.41, 5.74) is 0. The number of likely N-dealkylation sites (tertiary alicyclic amines) is 1. The predicted octanol–water partition coefficient (Wildman–Crippen LogP) is 1.55. The zero-order chi connectivity index (χ0) is 13.0. The molecule has 2 rings (SSSR count). The van der Waals surface area contributed by atoms with Gasteiger partial charge >= 0.3 is 0 Å². The molecule has 1 aromatic heterocycles. The van der Waals surface area contributed by atoms with E-state index in [1.807, 2.05) is 0 Å². The predicted molar refractivity (Wildman–Crippen MR) is 70.3 cm³/mol. The molecular weight excluding hydrogens is 233 g/mol. The molecule has 0 aliphatic carbocycles. The third-order valence-corrected chi connectivity index (χ3v) is 3.39. The van der Waals surface area contributed by atoms with Crippen LogP contribution >= 0.6 is 0 Å². The number of halogens is 1. The number of likely N-dealkylation sites (N-methyl/N-ethyl adjacent to an activating group) is 1. The molecule has 0 aromatic carbocycles. The Morgan fingerprint density at radius 2 is 2.33 bits per heavy atom. The summed E-state index contributed by atoms with van der Waals surface area (Å²) in [4.78, 5) is 10.2. The minimum absolute atomic E-state index is 0.272. The van der Waals surface area contributed by atoms with E-state index in [1.54, 1.807) is 7.05 Å². The molecule has 0 spiro atoms. The van der Waals surface area contributed by atoms with Crippen molar-refractivity contribution in [1.82, 2.24) is 14.9 Å². The number of nitrogens with one attached hydrogen (secondary N) is 2. The highest BCUT2D eigenvalue weighted by Crippen LogP contribution is 2.17. The van der Waals surface area contributed by atoms with Crippen molar-refractivity contribution in [1.29, 1.82) is 0 Å². The topological polar surface area (TPSA) is 53.1 Å². The highest BCUT2D eigenvalue weighted by molar-refractivity contribution is 5.40. The SMILES string of the molecule is CNc1ncc(F)c(NCC2CCCCN2C)n1. The van der Waals surface area contributed by atoms with Gasteiger partial charge in [-0.15, -0.1) is 0 Å². The zero-order valence-electron chi connectivity index (χ0n) is 10.9. The van der Waals surface area contributed by atoms with E-state index >= 15 is 0 Å². The number of piperidine rings is 1. The first kappa shape index (κ1) is 13.0. The van der Waals surface area contributed by atoms with Crippen molar-refractivity contribution in [2.75, 3.05) is 37.8 Å². The minimum Gasteiger partial charge on any atom is -0.366 e. The monoisotopic (exact) mass is 253 g/mol. The first-order valence-electron chi connectivity index (χ1n) is 6.35. The number of anilines is 2. The molecule has 1 aliphatic rings. The Bertz CT molecular complexity index is 398. The molecule has 5 nitrogen and oxygen atoms in total. The molecule has 1 saturated heterocycles. The summed E-state index contributed by atoms with van der Waals surface area (Å²) in [7, 11) is 3.83. The molecule has 0 amide bonds. The van der Waals surface area contributed by atoms with Crippen LogP contribution in [0.4, 0.5) is 16.2 Å². The molecule has 2 heterocycles. The van der Waals surface area contributed by atoms with Crippen molar-refractivity contribution in [3.8, 4) is 0 Å². The maximum Gasteiger partial charge on any atom is 0.224 e. The van der Waals surface area contributed by atoms with Crippen LogP contribution in [0.5, 0.6) is 0 Å². The molecule has 1 aliphatic heterocycles. The molecule has 100 valence electrons. The molecule has 2 N–H and O–H groups in total. The van der Waals surface area contributed by atoms with Gasteiger partial charge in [0.2, 0.25) is 5.95 Å². The highest BCUT2D eigenvalue weighted by atomic mass is 19.1. The van der Waals surface area contributed by atoms with Gasteiger partial charge in [0.25, 0.3) is 0 Å². The van der Waals surface area contributed by atoms with E-state index in [2.05, 4.69) is 32.5 Å². The number of nitrogens with zero attached hydrogens (tertiary/aromatic N) is 3. The fraction of sp³-hybridized carbons (Fsp3) is 0.667. The summed E-state index contributed by atoms with van der Waals surface area (Å²) in [6.45, 7) is 1.83. The standard InChI is InChI=1S/C12H20FN5/c1-14-12-16-8-10(13)11(17-12)15-7-9-5-3-4-6-18(9)2/h8-9H,3-7H2,1-2H3,(H2,14,15,16,17). The molecule has 1 fully saturated rings. The molecule has 0 bridgehead atoms. The molecule has 1 unspecified atom stereocenters. The van der Waals surface area contributed by atoms with Crippen LogP contribution in [0.2, 0.25) is 0 Å². The number of hydrogen-bond donors (Lipinski definition) is 2. The first-order valence-corrected chi connectivity index (χ1v) is 6.35. The van der Waals surface area contributed by atoms with Crippen molar-refractivity contribution in [3.05, 3.63) is 12.0 Å². The third kappa shape index (κ3) is 3.07. The number of rotatable bonds is 4. The lowest BCUT2D eigenvalue weighted by atomic mass is 10.0. The third-order valence-electron chi connectivity index (χ3n) is 3.39. The van der Waals surface area contributed by atoms with Crippen LogP contribution in [-0.2, 0) is 0 Å². The van der Waals surface area contributed by atoms with E-state index in [1.165, 1.54) is 19.0 Å². The van der Waals surface area contributed by atoms with Crippen LogP contribution in [0.3, 0.4) is 0 Å². The van der Waals surface area contributed by atoms with Crippen LogP contribution in [0.15, 0.2) is 6.20 Å². The van der Waals surface area contributed by atoms with E-state index < -0.39 is 5.82 Å². The summed E-state index contributed by atoms with van der Waals surface area (Å²) in [5, 5.41) is 5.88. The normalized spacial score (nSPS) is 20.7. The Labute approximate surface area is 107 Å². The molecule has 6 heteroatoms. The average Bonchev–Trinajstić information content (AvgIpc) is 2.39. The van der Waals surface area contributed by atoms with E-state index in [4.69, 9.17) is 0 Å². The molecule has 1 atom stereocenters. The molecule has 0 saturated carbocycles. The largest absolute Gasteiger partial charge is 0.366 e. The summed E-state index contributed by atoms with van der Waals surface area (Å²) < 4.78 is 13.5. The van der Waals surface area contributed by atoms with Crippen LogP contribution in [0, 0.1) is 5.82 Å². The fourth-order valence-corrected chi connectivity index (χ4v) is 2.23. The van der Waals surface area contributed by atoms with Gasteiger partial charge in [0.1, 0.15) is 0 Å². The van der Waals surface area contributed by atoms with Crippen molar-refractivity contribution in [3.63, 3.8) is 0 Å². The van der Waals surface area contributed by atoms with Crippen LogP contribution in [-0.4, -0.2) is 48.1 Å². The van der Waals surface area contributed by atoms with Crippen LogP contribution in [0.25, 0.3) is 0 Å². The fourth-order valence-electron chi connectivity index (χ4n) is 2.23. The summed E-state index contributed by atoms with van der Waals surface area (Å²) in [6, 6.07) is 0.450. The van der Waals surface area contributed by atoms with Crippen molar-refractivity contribution < 1.29 is 4.39 Å². The molecular formula is C12H20FN5. The minimum atomic E-state index is -0.410. The summed E-state index contributed by atoms with van der Waals surface area (Å²) >= 11 is 0. The van der Waals surface area contributed by atoms with Gasteiger partial charge in [-0.05, 0) is 26.4 Å². The molecule has 18 heavy (non-hydrogen) atoms. The molecule has 0 radical (unpaired) electrons. The van der Waals surface area contributed by atoms with Gasteiger partial charge in [-0.25, -0.2) is 9.37 Å². The van der Waals surface area contributed by atoms with Crippen molar-refractivity contribution >= 4 is 11.8 Å². The van der Waals surface area contributed by atoms with Gasteiger partial charge in [-0.1, -0.05) is 6.42 Å². The van der Waals surface area contributed by atoms with Crippen molar-refractivity contribution in [2.24, 2.45) is 0 Å². The van der Waals surface area contributed by atoms with E-state index in [0.29, 0.717) is 18.5 Å². The van der Waals surface area contributed by atoms with Gasteiger partial charge in [0.05, 0.1) is 6.20 Å². The van der Waals surface area contributed by atoms with Crippen LogP contribution < -0.4 is 10.6 Å². The Balaban J connectivity index is 1.96. The van der Waals surface area contributed by atoms with E-state index in [0.717, 1.165) is 13.0 Å². The van der Waals surface area contributed by atoms with Gasteiger partial charge in [0, 0.05) is 19.6 Å². The van der Waals surface area contributed by atoms with Crippen LogP contribution in [0.1, 0.15) is 19.3 Å². The summed E-state index contributed by atoms with van der Waals surface area (Å²) in [5.74, 6) is 0.289. The highest BCUT2D eigenvalue weighted by Gasteiger charge is 2.19. The van der Waals surface area contributed by atoms with Gasteiger partial charge in [0.15, 0.2) is 11.6 Å². The maximum atomic E-state index is 13.5. The van der Waals surface area contributed by atoms with E-state index in [9.17, 15) is 4.39 Å². The number of aromatic nitrogens is 2. The average molecular weight is 253 g/mol. The lowest BCUT2D eigenvalue weighted by Gasteiger charge is -2.32. The second-order valence-corrected chi connectivity index (χ2v) is 4.65.